The van der Waals surface area contributed by atoms with Crippen LogP contribution in [0.2, 0.25) is 0 Å². The van der Waals surface area contributed by atoms with Crippen LogP contribution in [0.1, 0.15) is 0 Å². The van der Waals surface area contributed by atoms with E-state index in [0.717, 1.165) is 11.4 Å². The zero-order chi connectivity index (χ0) is 20.2. The highest BCUT2D eigenvalue weighted by Crippen LogP contribution is 2.34. The molecule has 2 aliphatic heterocycles. The number of ether oxygens (including phenoxy) is 3. The molecule has 3 heterocycles. The van der Waals surface area contributed by atoms with Gasteiger partial charge >= 0.3 is 0 Å². The number of fused-ring (bicyclic) bond motifs is 1. The van der Waals surface area contributed by atoms with Gasteiger partial charge in [0.05, 0.1) is 18.4 Å². The van der Waals surface area contributed by atoms with Crippen molar-refractivity contribution in [2.75, 3.05) is 51.5 Å². The monoisotopic (exact) mass is 400 g/mol. The first-order valence-electron chi connectivity index (χ1n) is 9.41. The summed E-state index contributed by atoms with van der Waals surface area (Å²) in [6.07, 6.45) is 3.54. The van der Waals surface area contributed by atoms with Crippen LogP contribution in [0.5, 0.6) is 17.2 Å². The van der Waals surface area contributed by atoms with Gasteiger partial charge < -0.3 is 29.3 Å². The van der Waals surface area contributed by atoms with Crippen molar-refractivity contribution in [1.29, 1.82) is 0 Å². The SMILES string of the molecule is CN=C(NCCOc1ccc2c(c1)OCO2)N1CCN(c2cnn(C)c2)C(=O)C1. The second-order valence-electron chi connectivity index (χ2n) is 6.68. The van der Waals surface area contributed by atoms with Crippen molar-refractivity contribution in [2.24, 2.45) is 12.0 Å². The van der Waals surface area contributed by atoms with Gasteiger partial charge in [0.25, 0.3) is 0 Å². The molecule has 1 aromatic carbocycles. The summed E-state index contributed by atoms with van der Waals surface area (Å²) in [5.74, 6) is 2.83. The minimum absolute atomic E-state index is 0.0174. The number of hydrogen-bond donors (Lipinski definition) is 1. The molecule has 154 valence electrons. The van der Waals surface area contributed by atoms with E-state index in [9.17, 15) is 4.79 Å². The van der Waals surface area contributed by atoms with Crippen LogP contribution in [-0.4, -0.2) is 73.2 Å². The molecule has 0 bridgehead atoms. The van der Waals surface area contributed by atoms with Gasteiger partial charge in [0, 0.05) is 39.4 Å². The number of aryl methyl sites for hydroxylation is 1. The van der Waals surface area contributed by atoms with Gasteiger partial charge in [-0.15, -0.1) is 0 Å². The average molecular weight is 400 g/mol. The zero-order valence-corrected chi connectivity index (χ0v) is 16.5. The minimum Gasteiger partial charge on any atom is -0.492 e. The number of anilines is 1. The van der Waals surface area contributed by atoms with Crippen molar-refractivity contribution >= 4 is 17.6 Å². The second-order valence-corrected chi connectivity index (χ2v) is 6.68. The van der Waals surface area contributed by atoms with E-state index < -0.39 is 0 Å². The predicted octanol–water partition coefficient (Wildman–Crippen LogP) is 0.452. The lowest BCUT2D eigenvalue weighted by molar-refractivity contribution is -0.120. The Hall–Kier alpha value is -3.43. The van der Waals surface area contributed by atoms with E-state index >= 15 is 0 Å². The molecule has 1 N–H and O–H groups in total. The van der Waals surface area contributed by atoms with Gasteiger partial charge in [0.15, 0.2) is 17.5 Å². The Morgan fingerprint density at radius 2 is 2.17 bits per heavy atom. The molecule has 1 saturated heterocycles. The van der Waals surface area contributed by atoms with Crippen LogP contribution in [-0.2, 0) is 11.8 Å². The van der Waals surface area contributed by atoms with E-state index in [1.54, 1.807) is 22.8 Å². The van der Waals surface area contributed by atoms with Crippen molar-refractivity contribution in [2.45, 2.75) is 0 Å². The molecule has 0 aliphatic carbocycles. The lowest BCUT2D eigenvalue weighted by atomic mass is 10.3. The molecule has 1 aromatic heterocycles. The number of rotatable bonds is 5. The largest absolute Gasteiger partial charge is 0.492 e. The standard InChI is InChI=1S/C19H24N6O4/c1-20-19(21-5-8-27-15-3-4-16-17(9-15)29-13-28-16)24-6-7-25(18(26)12-24)14-10-22-23(2)11-14/h3-4,9-11H,5-8,12-13H2,1-2H3,(H,20,21). The highest BCUT2D eigenvalue weighted by Gasteiger charge is 2.27. The van der Waals surface area contributed by atoms with Crippen molar-refractivity contribution in [1.82, 2.24) is 20.0 Å². The van der Waals surface area contributed by atoms with Gasteiger partial charge in [-0.1, -0.05) is 0 Å². The zero-order valence-electron chi connectivity index (χ0n) is 16.5. The summed E-state index contributed by atoms with van der Waals surface area (Å²) in [5.41, 5.74) is 0.817. The summed E-state index contributed by atoms with van der Waals surface area (Å²) >= 11 is 0. The van der Waals surface area contributed by atoms with Crippen LogP contribution < -0.4 is 24.4 Å². The Balaban J connectivity index is 1.25. The summed E-state index contributed by atoms with van der Waals surface area (Å²) in [6, 6.07) is 5.49. The maximum absolute atomic E-state index is 12.6. The summed E-state index contributed by atoms with van der Waals surface area (Å²) < 4.78 is 18.1. The Bertz CT molecular complexity index is 912. The molecular weight excluding hydrogens is 376 g/mol. The minimum atomic E-state index is 0.0174. The molecule has 4 rings (SSSR count). The number of piperazine rings is 1. The number of nitrogens with zero attached hydrogens (tertiary/aromatic N) is 5. The van der Waals surface area contributed by atoms with Gasteiger partial charge in [0.1, 0.15) is 18.9 Å². The van der Waals surface area contributed by atoms with Crippen LogP contribution in [0.15, 0.2) is 35.6 Å². The molecule has 1 amide bonds. The maximum atomic E-state index is 12.6. The van der Waals surface area contributed by atoms with Crippen LogP contribution in [0, 0.1) is 0 Å². The fourth-order valence-corrected chi connectivity index (χ4v) is 3.31. The molecule has 0 unspecified atom stereocenters. The molecular formula is C19H24N6O4. The average Bonchev–Trinajstić information content (AvgIpc) is 3.36. The van der Waals surface area contributed by atoms with Crippen molar-refractivity contribution in [3.63, 3.8) is 0 Å². The van der Waals surface area contributed by atoms with Crippen LogP contribution in [0.3, 0.4) is 0 Å². The molecule has 10 nitrogen and oxygen atoms in total. The number of carbonyl (C=O) groups excluding carboxylic acids is 1. The molecule has 0 atom stereocenters. The van der Waals surface area contributed by atoms with Crippen LogP contribution in [0.4, 0.5) is 5.69 Å². The quantitative estimate of drug-likeness (QED) is 0.443. The summed E-state index contributed by atoms with van der Waals surface area (Å²) in [5, 5.41) is 7.38. The fourth-order valence-electron chi connectivity index (χ4n) is 3.31. The van der Waals surface area contributed by atoms with E-state index in [0.29, 0.717) is 43.7 Å². The molecule has 2 aliphatic rings. The Morgan fingerprint density at radius 1 is 1.31 bits per heavy atom. The number of carbonyl (C=O) groups is 1. The summed E-state index contributed by atoms with van der Waals surface area (Å²) in [4.78, 5) is 20.5. The summed E-state index contributed by atoms with van der Waals surface area (Å²) in [6.45, 7) is 2.77. The van der Waals surface area contributed by atoms with Crippen molar-refractivity contribution < 1.29 is 19.0 Å². The highest BCUT2D eigenvalue weighted by molar-refractivity contribution is 5.98. The summed E-state index contributed by atoms with van der Waals surface area (Å²) in [7, 11) is 3.54. The maximum Gasteiger partial charge on any atom is 0.246 e. The molecule has 1 fully saturated rings. The Morgan fingerprint density at radius 3 is 2.93 bits per heavy atom. The van der Waals surface area contributed by atoms with E-state index in [2.05, 4.69) is 15.4 Å². The smallest absolute Gasteiger partial charge is 0.246 e. The fraction of sp³-hybridized carbons (Fsp3) is 0.421. The van der Waals surface area contributed by atoms with E-state index in [1.807, 2.05) is 36.3 Å². The number of amides is 1. The Kier molecular flexibility index (Phi) is 5.41. The topological polar surface area (TPSA) is 93.5 Å². The molecule has 0 radical (unpaired) electrons. The normalized spacial score (nSPS) is 16.3. The first-order chi connectivity index (χ1) is 14.1. The second kappa shape index (κ2) is 8.29. The molecule has 0 saturated carbocycles. The highest BCUT2D eigenvalue weighted by atomic mass is 16.7. The van der Waals surface area contributed by atoms with Gasteiger partial charge in [-0.05, 0) is 12.1 Å². The first kappa shape index (κ1) is 18.9. The van der Waals surface area contributed by atoms with Gasteiger partial charge in [-0.25, -0.2) is 0 Å². The van der Waals surface area contributed by atoms with E-state index in [-0.39, 0.29) is 19.2 Å². The Labute approximate surface area is 168 Å². The number of guanidine groups is 1. The third-order valence-electron chi connectivity index (χ3n) is 4.73. The molecule has 29 heavy (non-hydrogen) atoms. The molecule has 2 aromatic rings. The molecule has 10 heteroatoms. The number of benzene rings is 1. The number of aromatic nitrogens is 2. The van der Waals surface area contributed by atoms with Gasteiger partial charge in [-0.3, -0.25) is 14.5 Å². The van der Waals surface area contributed by atoms with Crippen LogP contribution >= 0.6 is 0 Å². The van der Waals surface area contributed by atoms with E-state index in [1.165, 1.54) is 0 Å². The number of hydrogen-bond acceptors (Lipinski definition) is 6. The van der Waals surface area contributed by atoms with Gasteiger partial charge in [0.2, 0.25) is 12.7 Å². The lowest BCUT2D eigenvalue weighted by Gasteiger charge is -2.35. The lowest BCUT2D eigenvalue weighted by Crippen LogP contribution is -2.55. The van der Waals surface area contributed by atoms with Crippen LogP contribution in [0.25, 0.3) is 0 Å². The van der Waals surface area contributed by atoms with Crippen molar-refractivity contribution in [3.8, 4) is 17.2 Å². The third kappa shape index (κ3) is 4.20. The number of aliphatic imine (C=N–C) groups is 1. The number of nitrogens with one attached hydrogen (secondary N) is 1. The third-order valence-corrected chi connectivity index (χ3v) is 4.73. The van der Waals surface area contributed by atoms with Crippen molar-refractivity contribution in [3.05, 3.63) is 30.6 Å². The first-order valence-corrected chi connectivity index (χ1v) is 9.41. The van der Waals surface area contributed by atoms with E-state index in [4.69, 9.17) is 14.2 Å². The molecule has 0 spiro atoms. The predicted molar refractivity (Wildman–Crippen MR) is 107 cm³/mol. The van der Waals surface area contributed by atoms with Gasteiger partial charge in [-0.2, -0.15) is 5.10 Å².